The number of hydrogen-bond acceptors (Lipinski definition) is 4. The summed E-state index contributed by atoms with van der Waals surface area (Å²) in [6.07, 6.45) is 0. The van der Waals surface area contributed by atoms with Crippen molar-refractivity contribution in [3.63, 3.8) is 0 Å². The molecule has 0 radical (unpaired) electrons. The molecule has 0 bridgehead atoms. The molecular formula is C18H23BrN2O4S2. The zero-order valence-corrected chi connectivity index (χ0v) is 18.9. The maximum absolute atomic E-state index is 12.8. The molecule has 0 atom stereocenters. The van der Waals surface area contributed by atoms with E-state index in [0.29, 0.717) is 23.1 Å². The minimum atomic E-state index is -3.87. The Morgan fingerprint density at radius 3 is 2.11 bits per heavy atom. The lowest BCUT2D eigenvalue weighted by molar-refractivity contribution is 0.445. The number of anilines is 1. The normalized spacial score (nSPS) is 12.4. The first-order valence-electron chi connectivity index (χ1n) is 8.42. The number of aryl methyl sites for hydroxylation is 2. The van der Waals surface area contributed by atoms with E-state index in [0.717, 1.165) is 5.56 Å². The predicted octanol–water partition coefficient (Wildman–Crippen LogP) is 3.90. The lowest BCUT2D eigenvalue weighted by Gasteiger charge is -2.20. The van der Waals surface area contributed by atoms with Gasteiger partial charge < -0.3 is 0 Å². The molecular weight excluding hydrogens is 452 g/mol. The fraction of sp³-hybridized carbons (Fsp3) is 0.333. The molecule has 9 heteroatoms. The van der Waals surface area contributed by atoms with Gasteiger partial charge in [-0.2, -0.15) is 4.31 Å². The second-order valence-corrected chi connectivity index (χ2v) is 10.5. The minimum absolute atomic E-state index is 0.0850. The zero-order chi connectivity index (χ0) is 20.4. The summed E-state index contributed by atoms with van der Waals surface area (Å²) in [4.78, 5) is 0.177. The number of benzene rings is 2. The third-order valence-electron chi connectivity index (χ3n) is 4.14. The molecule has 2 rings (SSSR count). The molecule has 0 unspecified atom stereocenters. The van der Waals surface area contributed by atoms with Gasteiger partial charge in [-0.15, -0.1) is 0 Å². The molecule has 0 saturated carbocycles. The van der Waals surface area contributed by atoms with Crippen LogP contribution in [0.4, 0.5) is 5.69 Å². The summed E-state index contributed by atoms with van der Waals surface area (Å²) in [7, 11) is -7.57. The van der Waals surface area contributed by atoms with Gasteiger partial charge in [0.15, 0.2) is 0 Å². The van der Waals surface area contributed by atoms with Gasteiger partial charge in [0.1, 0.15) is 4.90 Å². The average Bonchev–Trinajstić information content (AvgIpc) is 2.56. The van der Waals surface area contributed by atoms with Gasteiger partial charge in [-0.25, -0.2) is 16.8 Å². The molecule has 0 aliphatic carbocycles. The second-order valence-electron chi connectivity index (χ2n) is 6.11. The molecule has 1 N–H and O–H groups in total. The fourth-order valence-corrected chi connectivity index (χ4v) is 6.63. The fourth-order valence-electron chi connectivity index (χ4n) is 2.68. The Hall–Kier alpha value is -1.42. The highest BCUT2D eigenvalue weighted by Crippen LogP contribution is 2.28. The molecule has 0 aliphatic rings. The molecule has 148 valence electrons. The van der Waals surface area contributed by atoms with Crippen LogP contribution < -0.4 is 4.72 Å². The molecule has 0 heterocycles. The van der Waals surface area contributed by atoms with Crippen molar-refractivity contribution in [2.75, 3.05) is 17.8 Å². The van der Waals surface area contributed by atoms with Crippen LogP contribution in [-0.2, 0) is 20.0 Å². The highest BCUT2D eigenvalue weighted by Gasteiger charge is 2.25. The van der Waals surface area contributed by atoms with Gasteiger partial charge in [0.05, 0.1) is 10.6 Å². The first kappa shape index (κ1) is 21.9. The molecule has 27 heavy (non-hydrogen) atoms. The zero-order valence-electron chi connectivity index (χ0n) is 15.7. The number of halogens is 1. The predicted molar refractivity (Wildman–Crippen MR) is 111 cm³/mol. The Morgan fingerprint density at radius 2 is 1.56 bits per heavy atom. The molecule has 0 fully saturated rings. The van der Waals surface area contributed by atoms with Crippen LogP contribution in [0.25, 0.3) is 0 Å². The molecule has 0 aliphatic heterocycles. The topological polar surface area (TPSA) is 83.6 Å². The van der Waals surface area contributed by atoms with E-state index in [2.05, 4.69) is 20.7 Å². The van der Waals surface area contributed by atoms with Crippen LogP contribution in [0.3, 0.4) is 0 Å². The van der Waals surface area contributed by atoms with Crippen molar-refractivity contribution in [1.82, 2.24) is 4.31 Å². The van der Waals surface area contributed by atoms with E-state index in [1.54, 1.807) is 45.0 Å². The number of hydrogen-bond donors (Lipinski definition) is 1. The maximum Gasteiger partial charge on any atom is 0.263 e. The number of nitrogens with zero attached hydrogens (tertiary/aromatic N) is 1. The molecule has 6 nitrogen and oxygen atoms in total. The Labute approximate surface area is 169 Å². The first-order chi connectivity index (χ1) is 12.5. The summed E-state index contributed by atoms with van der Waals surface area (Å²) in [5.41, 5.74) is 1.67. The van der Waals surface area contributed by atoms with Crippen LogP contribution in [-0.4, -0.2) is 34.2 Å². The highest BCUT2D eigenvalue weighted by molar-refractivity contribution is 9.10. The van der Waals surface area contributed by atoms with Crippen molar-refractivity contribution in [3.8, 4) is 0 Å². The van der Waals surface area contributed by atoms with Crippen molar-refractivity contribution in [2.45, 2.75) is 37.5 Å². The summed E-state index contributed by atoms with van der Waals surface area (Å²) >= 11 is 3.27. The van der Waals surface area contributed by atoms with Crippen LogP contribution >= 0.6 is 15.9 Å². The van der Waals surface area contributed by atoms with Gasteiger partial charge in [-0.1, -0.05) is 26.0 Å². The number of sulfonamides is 2. The smallest absolute Gasteiger partial charge is 0.263 e. The van der Waals surface area contributed by atoms with Crippen molar-refractivity contribution in [3.05, 3.63) is 52.0 Å². The molecule has 2 aromatic carbocycles. The summed E-state index contributed by atoms with van der Waals surface area (Å²) in [6, 6.07) is 9.42. The number of nitrogens with one attached hydrogen (secondary N) is 1. The van der Waals surface area contributed by atoms with Crippen LogP contribution in [0, 0.1) is 13.8 Å². The minimum Gasteiger partial charge on any atom is -0.280 e. The molecule has 0 amide bonds. The molecule has 2 aromatic rings. The van der Waals surface area contributed by atoms with E-state index in [9.17, 15) is 16.8 Å². The maximum atomic E-state index is 12.8. The molecule has 0 aromatic heterocycles. The standard InChI is InChI=1S/C18H23BrN2O4S2/c1-5-21(6-2)27(24,25)18-12-15(9-8-14(18)4)20-26(22,23)17-10-7-13(3)11-16(17)19/h7-12,20H,5-6H2,1-4H3. The van der Waals surface area contributed by atoms with Gasteiger partial charge in [0.2, 0.25) is 10.0 Å². The Morgan fingerprint density at radius 1 is 0.926 bits per heavy atom. The van der Waals surface area contributed by atoms with E-state index in [1.807, 2.05) is 6.92 Å². The first-order valence-corrected chi connectivity index (χ1v) is 12.1. The molecule has 0 spiro atoms. The molecule has 0 saturated heterocycles. The summed E-state index contributed by atoms with van der Waals surface area (Å²) < 4.78 is 55.4. The van der Waals surface area contributed by atoms with E-state index in [4.69, 9.17) is 0 Å². The lowest BCUT2D eigenvalue weighted by Crippen LogP contribution is -2.31. The van der Waals surface area contributed by atoms with Crippen molar-refractivity contribution in [2.24, 2.45) is 0 Å². The second kappa shape index (κ2) is 8.30. The Balaban J connectivity index is 2.47. The Kier molecular flexibility index (Phi) is 6.72. The van der Waals surface area contributed by atoms with Crippen molar-refractivity contribution >= 4 is 41.7 Å². The van der Waals surface area contributed by atoms with E-state index in [-0.39, 0.29) is 15.5 Å². The van der Waals surface area contributed by atoms with Crippen molar-refractivity contribution < 1.29 is 16.8 Å². The largest absolute Gasteiger partial charge is 0.280 e. The van der Waals surface area contributed by atoms with Crippen LogP contribution in [0.5, 0.6) is 0 Å². The Bertz CT molecular complexity index is 1050. The van der Waals surface area contributed by atoms with E-state index >= 15 is 0 Å². The van der Waals surface area contributed by atoms with E-state index in [1.165, 1.54) is 16.4 Å². The van der Waals surface area contributed by atoms with Gasteiger partial charge in [0, 0.05) is 17.6 Å². The summed E-state index contributed by atoms with van der Waals surface area (Å²) in [5.74, 6) is 0. The third kappa shape index (κ3) is 4.71. The van der Waals surface area contributed by atoms with E-state index < -0.39 is 20.0 Å². The van der Waals surface area contributed by atoms with Crippen molar-refractivity contribution in [1.29, 1.82) is 0 Å². The summed E-state index contributed by atoms with van der Waals surface area (Å²) in [6.45, 7) is 7.74. The quantitative estimate of drug-likeness (QED) is 0.659. The monoisotopic (exact) mass is 474 g/mol. The lowest BCUT2D eigenvalue weighted by atomic mass is 10.2. The van der Waals surface area contributed by atoms with Crippen LogP contribution in [0.2, 0.25) is 0 Å². The van der Waals surface area contributed by atoms with Gasteiger partial charge in [0.25, 0.3) is 10.0 Å². The van der Waals surface area contributed by atoms with Crippen LogP contribution in [0.15, 0.2) is 50.7 Å². The highest BCUT2D eigenvalue weighted by atomic mass is 79.9. The number of rotatable bonds is 7. The third-order valence-corrected chi connectivity index (χ3v) is 8.69. The average molecular weight is 475 g/mol. The van der Waals surface area contributed by atoms with Gasteiger partial charge >= 0.3 is 0 Å². The van der Waals surface area contributed by atoms with Gasteiger partial charge in [-0.3, -0.25) is 4.72 Å². The SMILES string of the molecule is CCN(CC)S(=O)(=O)c1cc(NS(=O)(=O)c2ccc(C)cc2Br)ccc1C. The van der Waals surface area contributed by atoms with Crippen LogP contribution in [0.1, 0.15) is 25.0 Å². The summed E-state index contributed by atoms with van der Waals surface area (Å²) in [5, 5.41) is 0. The van der Waals surface area contributed by atoms with Gasteiger partial charge in [-0.05, 0) is 65.2 Å².